The topological polar surface area (TPSA) is 81.5 Å². The molecule has 3 aromatic rings. The molecule has 0 saturated carbocycles. The molecule has 0 saturated heterocycles. The van der Waals surface area contributed by atoms with Gasteiger partial charge in [0.05, 0.1) is 12.0 Å². The summed E-state index contributed by atoms with van der Waals surface area (Å²) in [4.78, 5) is 21.7. The minimum Gasteiger partial charge on any atom is -0.497 e. The predicted molar refractivity (Wildman–Crippen MR) is 105 cm³/mol. The first kappa shape index (κ1) is 18.4. The molecule has 3 rings (SSSR count). The molecule has 0 fully saturated rings. The van der Waals surface area contributed by atoms with Gasteiger partial charge in [-0.2, -0.15) is 0 Å². The van der Waals surface area contributed by atoms with Crippen LogP contribution < -0.4 is 10.1 Å². The molecule has 0 bridgehead atoms. The number of nitro benzene ring substituents is 1. The van der Waals surface area contributed by atoms with Crippen molar-refractivity contribution in [3.63, 3.8) is 0 Å². The Labute approximate surface area is 156 Å². The van der Waals surface area contributed by atoms with Crippen molar-refractivity contribution in [1.82, 2.24) is 5.32 Å². The van der Waals surface area contributed by atoms with E-state index in [9.17, 15) is 14.9 Å². The molecule has 6 heteroatoms. The number of carbonyl (C=O) groups is 1. The highest BCUT2D eigenvalue weighted by Gasteiger charge is 2.10. The Morgan fingerprint density at radius 2 is 1.81 bits per heavy atom. The third kappa shape index (κ3) is 4.23. The Bertz CT molecular complexity index is 997. The first-order chi connectivity index (χ1) is 13.0. The number of rotatable bonds is 6. The second kappa shape index (κ2) is 7.86. The summed E-state index contributed by atoms with van der Waals surface area (Å²) in [6.07, 6.45) is 0.671. The number of nitrogens with zero attached hydrogens (tertiary/aromatic N) is 1. The van der Waals surface area contributed by atoms with E-state index in [0.717, 1.165) is 33.2 Å². The van der Waals surface area contributed by atoms with Gasteiger partial charge >= 0.3 is 0 Å². The number of amides is 1. The van der Waals surface area contributed by atoms with Crippen LogP contribution in [0.2, 0.25) is 0 Å². The highest BCUT2D eigenvalue weighted by molar-refractivity contribution is 5.91. The summed E-state index contributed by atoms with van der Waals surface area (Å²) >= 11 is 0. The van der Waals surface area contributed by atoms with Gasteiger partial charge in [0.1, 0.15) is 5.75 Å². The van der Waals surface area contributed by atoms with Crippen molar-refractivity contribution in [3.8, 4) is 16.9 Å². The van der Waals surface area contributed by atoms with E-state index in [0.29, 0.717) is 13.0 Å². The zero-order valence-corrected chi connectivity index (χ0v) is 15.2. The lowest BCUT2D eigenvalue weighted by molar-refractivity contribution is -0.384. The van der Waals surface area contributed by atoms with Gasteiger partial charge in [0, 0.05) is 25.6 Å². The van der Waals surface area contributed by atoms with E-state index in [1.54, 1.807) is 19.2 Å². The number of hydrogen-bond donors (Lipinski definition) is 1. The van der Waals surface area contributed by atoms with Crippen molar-refractivity contribution in [2.45, 2.75) is 13.3 Å². The summed E-state index contributed by atoms with van der Waals surface area (Å²) in [5.74, 6) is 0.703. The lowest BCUT2D eigenvalue weighted by Gasteiger charge is -2.12. The van der Waals surface area contributed by atoms with E-state index in [1.807, 2.05) is 18.2 Å². The van der Waals surface area contributed by atoms with Crippen molar-refractivity contribution in [1.29, 1.82) is 0 Å². The van der Waals surface area contributed by atoms with Crippen molar-refractivity contribution in [3.05, 3.63) is 70.3 Å². The number of carbonyl (C=O) groups excluding carboxylic acids is 1. The smallest absolute Gasteiger partial charge is 0.269 e. The SMILES string of the molecule is COc1ccc2cc(-c3ccc([N+](=O)[O-])cc3)cc(CCNC(C)=O)c2c1. The van der Waals surface area contributed by atoms with Gasteiger partial charge in [-0.3, -0.25) is 14.9 Å². The Hall–Kier alpha value is -3.41. The molecule has 1 amide bonds. The molecule has 0 atom stereocenters. The van der Waals surface area contributed by atoms with Gasteiger partial charge in [-0.25, -0.2) is 0 Å². The summed E-state index contributed by atoms with van der Waals surface area (Å²) in [5.41, 5.74) is 3.02. The van der Waals surface area contributed by atoms with Gasteiger partial charge in [0.15, 0.2) is 0 Å². The fourth-order valence-corrected chi connectivity index (χ4v) is 3.06. The normalized spacial score (nSPS) is 10.6. The molecular formula is C21H20N2O4. The molecule has 0 aliphatic rings. The van der Waals surface area contributed by atoms with Crippen LogP contribution in [0.25, 0.3) is 21.9 Å². The highest BCUT2D eigenvalue weighted by Crippen LogP contribution is 2.31. The Kier molecular flexibility index (Phi) is 5.35. The van der Waals surface area contributed by atoms with Gasteiger partial charge in [0.2, 0.25) is 5.91 Å². The van der Waals surface area contributed by atoms with Crippen LogP contribution in [0.3, 0.4) is 0 Å². The third-order valence-corrected chi connectivity index (χ3v) is 4.43. The van der Waals surface area contributed by atoms with E-state index < -0.39 is 4.92 Å². The van der Waals surface area contributed by atoms with Crippen LogP contribution in [-0.2, 0) is 11.2 Å². The van der Waals surface area contributed by atoms with Crippen LogP contribution in [0.5, 0.6) is 5.75 Å². The predicted octanol–water partition coefficient (Wildman–Crippen LogP) is 4.10. The monoisotopic (exact) mass is 364 g/mol. The number of ether oxygens (including phenoxy) is 1. The second-order valence-corrected chi connectivity index (χ2v) is 6.26. The van der Waals surface area contributed by atoms with Crippen molar-refractivity contribution >= 4 is 22.4 Å². The largest absolute Gasteiger partial charge is 0.497 e. The molecular weight excluding hydrogens is 344 g/mol. The molecule has 3 aromatic carbocycles. The molecule has 6 nitrogen and oxygen atoms in total. The summed E-state index contributed by atoms with van der Waals surface area (Å²) in [6, 6.07) is 16.5. The first-order valence-electron chi connectivity index (χ1n) is 8.58. The number of hydrogen-bond acceptors (Lipinski definition) is 4. The minimum atomic E-state index is -0.407. The molecule has 138 valence electrons. The first-order valence-corrected chi connectivity index (χ1v) is 8.58. The maximum absolute atomic E-state index is 11.2. The average Bonchev–Trinajstić information content (AvgIpc) is 2.67. The van der Waals surface area contributed by atoms with Crippen LogP contribution in [0.15, 0.2) is 54.6 Å². The average molecular weight is 364 g/mol. The number of benzene rings is 3. The van der Waals surface area contributed by atoms with Crippen LogP contribution in [-0.4, -0.2) is 24.5 Å². The number of nitro groups is 1. The molecule has 0 aromatic heterocycles. The number of nitrogens with one attached hydrogen (secondary N) is 1. The quantitative estimate of drug-likeness (QED) is 0.527. The van der Waals surface area contributed by atoms with Crippen LogP contribution >= 0.6 is 0 Å². The molecule has 1 N–H and O–H groups in total. The fraction of sp³-hybridized carbons (Fsp3) is 0.190. The molecule has 0 aliphatic carbocycles. The third-order valence-electron chi connectivity index (χ3n) is 4.43. The lowest BCUT2D eigenvalue weighted by Crippen LogP contribution is -2.22. The van der Waals surface area contributed by atoms with E-state index in [2.05, 4.69) is 17.4 Å². The van der Waals surface area contributed by atoms with E-state index in [4.69, 9.17) is 4.74 Å². The van der Waals surface area contributed by atoms with Crippen LogP contribution in [0.1, 0.15) is 12.5 Å². The Balaban J connectivity index is 2.05. The molecule has 0 unspecified atom stereocenters. The van der Waals surface area contributed by atoms with Gasteiger partial charge in [-0.05, 0) is 64.2 Å². The molecule has 0 spiro atoms. The number of non-ortho nitro benzene ring substituents is 1. The summed E-state index contributed by atoms with van der Waals surface area (Å²) < 4.78 is 5.34. The maximum Gasteiger partial charge on any atom is 0.269 e. The van der Waals surface area contributed by atoms with Crippen molar-refractivity contribution < 1.29 is 14.5 Å². The summed E-state index contributed by atoms with van der Waals surface area (Å²) in [7, 11) is 1.63. The van der Waals surface area contributed by atoms with Gasteiger partial charge < -0.3 is 10.1 Å². The Morgan fingerprint density at radius 1 is 1.07 bits per heavy atom. The zero-order chi connectivity index (χ0) is 19.4. The number of fused-ring (bicyclic) bond motifs is 1. The lowest BCUT2D eigenvalue weighted by atomic mass is 9.95. The van der Waals surface area contributed by atoms with Gasteiger partial charge in [-0.15, -0.1) is 0 Å². The van der Waals surface area contributed by atoms with Crippen molar-refractivity contribution in [2.24, 2.45) is 0 Å². The highest BCUT2D eigenvalue weighted by atomic mass is 16.6. The van der Waals surface area contributed by atoms with Crippen molar-refractivity contribution in [2.75, 3.05) is 13.7 Å². The maximum atomic E-state index is 11.2. The molecule has 27 heavy (non-hydrogen) atoms. The van der Waals surface area contributed by atoms with E-state index in [-0.39, 0.29) is 11.6 Å². The zero-order valence-electron chi connectivity index (χ0n) is 15.2. The minimum absolute atomic E-state index is 0.0650. The standard InChI is InChI=1S/C21H20N2O4/c1-14(24)22-10-9-17-12-18(15-3-6-19(7-4-15)23(25)26)11-16-5-8-20(27-2)13-21(16)17/h3-8,11-13H,9-10H2,1-2H3,(H,22,24). The van der Waals surface area contributed by atoms with E-state index >= 15 is 0 Å². The van der Waals surface area contributed by atoms with Crippen LogP contribution in [0, 0.1) is 10.1 Å². The molecule has 0 heterocycles. The Morgan fingerprint density at radius 3 is 2.44 bits per heavy atom. The molecule has 0 radical (unpaired) electrons. The molecule has 0 aliphatic heterocycles. The van der Waals surface area contributed by atoms with E-state index in [1.165, 1.54) is 19.1 Å². The van der Waals surface area contributed by atoms with Crippen LogP contribution in [0.4, 0.5) is 5.69 Å². The number of methoxy groups -OCH3 is 1. The summed E-state index contributed by atoms with van der Waals surface area (Å²) in [5, 5.41) is 15.8. The van der Waals surface area contributed by atoms with Gasteiger partial charge in [-0.1, -0.05) is 12.1 Å². The fourth-order valence-electron chi connectivity index (χ4n) is 3.06. The summed E-state index contributed by atoms with van der Waals surface area (Å²) in [6.45, 7) is 2.03. The van der Waals surface area contributed by atoms with Gasteiger partial charge in [0.25, 0.3) is 5.69 Å². The second-order valence-electron chi connectivity index (χ2n) is 6.26.